The van der Waals surface area contributed by atoms with Crippen LogP contribution < -0.4 is 15.4 Å². The summed E-state index contributed by atoms with van der Waals surface area (Å²) < 4.78 is 5.16. The number of rotatable bonds is 7. The van der Waals surface area contributed by atoms with Gasteiger partial charge >= 0.3 is 0 Å². The Kier molecular flexibility index (Phi) is 5.41. The molecular weight excluding hydrogens is 314 g/mol. The Balaban J connectivity index is 1.56. The number of ether oxygens (including phenoxy) is 1. The number of benzene rings is 2. The van der Waals surface area contributed by atoms with Gasteiger partial charge < -0.3 is 15.4 Å². The van der Waals surface area contributed by atoms with Crippen LogP contribution in [-0.4, -0.2) is 22.3 Å². The third-order valence-corrected chi connectivity index (χ3v) is 3.76. The lowest BCUT2D eigenvalue weighted by molar-refractivity contribution is 0.414. The van der Waals surface area contributed by atoms with E-state index in [4.69, 9.17) is 4.74 Å². The molecule has 2 N–H and O–H groups in total. The normalized spacial score (nSPS) is 10.3. The summed E-state index contributed by atoms with van der Waals surface area (Å²) >= 11 is 0. The standard InChI is InChI=1S/C19H21N5O/c1-14-3-5-15(6-4-14)12-21-19-23-18(13-22-24-19)20-11-16-7-9-17(25-2)10-8-16/h3-10,13H,11-12H2,1-2H3,(H2,20,21,23,24). The lowest BCUT2D eigenvalue weighted by atomic mass is 10.1. The topological polar surface area (TPSA) is 72.0 Å². The Morgan fingerprint density at radius 1 is 0.880 bits per heavy atom. The van der Waals surface area contributed by atoms with Crippen LogP contribution in [0.3, 0.4) is 0 Å². The van der Waals surface area contributed by atoms with E-state index in [-0.39, 0.29) is 0 Å². The maximum atomic E-state index is 5.16. The Hall–Kier alpha value is -3.15. The van der Waals surface area contributed by atoms with E-state index in [0.29, 0.717) is 24.9 Å². The Bertz CT molecular complexity index is 803. The molecule has 3 aromatic rings. The van der Waals surface area contributed by atoms with E-state index in [1.54, 1.807) is 13.3 Å². The number of hydrogen-bond donors (Lipinski definition) is 2. The van der Waals surface area contributed by atoms with Crippen LogP contribution >= 0.6 is 0 Å². The molecule has 0 saturated carbocycles. The molecule has 1 aromatic heterocycles. The van der Waals surface area contributed by atoms with E-state index in [1.807, 2.05) is 24.3 Å². The number of nitrogens with one attached hydrogen (secondary N) is 2. The van der Waals surface area contributed by atoms with Gasteiger partial charge in [-0.1, -0.05) is 42.0 Å². The number of aromatic nitrogens is 3. The fraction of sp³-hybridized carbons (Fsp3) is 0.211. The van der Waals surface area contributed by atoms with E-state index < -0.39 is 0 Å². The summed E-state index contributed by atoms with van der Waals surface area (Å²) in [5.74, 6) is 2.02. The van der Waals surface area contributed by atoms with Crippen LogP contribution in [0.2, 0.25) is 0 Å². The van der Waals surface area contributed by atoms with Gasteiger partial charge in [0.15, 0.2) is 5.82 Å². The first-order chi connectivity index (χ1) is 12.2. The SMILES string of the molecule is COc1ccc(CNc2cnnc(NCc3ccc(C)cc3)n2)cc1. The number of hydrogen-bond acceptors (Lipinski definition) is 6. The lowest BCUT2D eigenvalue weighted by Crippen LogP contribution is -2.08. The molecule has 0 atom stereocenters. The predicted octanol–water partition coefficient (Wildman–Crippen LogP) is 3.41. The van der Waals surface area contributed by atoms with Crippen molar-refractivity contribution in [1.82, 2.24) is 15.2 Å². The van der Waals surface area contributed by atoms with Gasteiger partial charge in [0.05, 0.1) is 13.3 Å². The zero-order chi connectivity index (χ0) is 17.5. The molecular formula is C19H21N5O. The highest BCUT2D eigenvalue weighted by atomic mass is 16.5. The monoisotopic (exact) mass is 335 g/mol. The van der Waals surface area contributed by atoms with Crippen LogP contribution in [0.25, 0.3) is 0 Å². The molecule has 1 heterocycles. The molecule has 0 aliphatic heterocycles. The van der Waals surface area contributed by atoms with Crippen LogP contribution in [0.15, 0.2) is 54.7 Å². The van der Waals surface area contributed by atoms with Crippen molar-refractivity contribution < 1.29 is 4.74 Å². The largest absolute Gasteiger partial charge is 0.497 e. The third-order valence-electron chi connectivity index (χ3n) is 3.76. The second-order valence-corrected chi connectivity index (χ2v) is 5.71. The molecule has 2 aromatic carbocycles. The molecule has 0 aliphatic rings. The summed E-state index contributed by atoms with van der Waals surface area (Å²) in [6.07, 6.45) is 1.61. The lowest BCUT2D eigenvalue weighted by Gasteiger charge is -2.08. The molecule has 128 valence electrons. The highest BCUT2D eigenvalue weighted by Crippen LogP contribution is 2.13. The van der Waals surface area contributed by atoms with E-state index in [9.17, 15) is 0 Å². The van der Waals surface area contributed by atoms with Crippen molar-refractivity contribution in [2.75, 3.05) is 17.7 Å². The molecule has 25 heavy (non-hydrogen) atoms. The molecule has 6 heteroatoms. The zero-order valence-electron chi connectivity index (χ0n) is 14.4. The summed E-state index contributed by atoms with van der Waals surface area (Å²) in [4.78, 5) is 4.43. The van der Waals surface area contributed by atoms with Crippen molar-refractivity contribution in [1.29, 1.82) is 0 Å². The first-order valence-electron chi connectivity index (χ1n) is 8.09. The van der Waals surface area contributed by atoms with Gasteiger partial charge in [-0.05, 0) is 30.2 Å². The fourth-order valence-electron chi connectivity index (χ4n) is 2.29. The van der Waals surface area contributed by atoms with Crippen molar-refractivity contribution in [3.8, 4) is 5.75 Å². The maximum absolute atomic E-state index is 5.16. The van der Waals surface area contributed by atoms with Crippen LogP contribution in [0.1, 0.15) is 16.7 Å². The van der Waals surface area contributed by atoms with Crippen molar-refractivity contribution >= 4 is 11.8 Å². The minimum absolute atomic E-state index is 0.500. The Labute approximate surface area is 147 Å². The smallest absolute Gasteiger partial charge is 0.244 e. The van der Waals surface area contributed by atoms with Crippen LogP contribution in [0.5, 0.6) is 5.75 Å². The number of methoxy groups -OCH3 is 1. The summed E-state index contributed by atoms with van der Waals surface area (Å²) in [7, 11) is 1.66. The van der Waals surface area contributed by atoms with Crippen molar-refractivity contribution in [3.05, 3.63) is 71.4 Å². The molecule has 3 rings (SSSR count). The minimum atomic E-state index is 0.500. The van der Waals surface area contributed by atoms with Gasteiger partial charge in [-0.15, -0.1) is 5.10 Å². The van der Waals surface area contributed by atoms with Gasteiger partial charge in [-0.25, -0.2) is 0 Å². The van der Waals surface area contributed by atoms with Crippen molar-refractivity contribution in [2.45, 2.75) is 20.0 Å². The van der Waals surface area contributed by atoms with Gasteiger partial charge in [0.1, 0.15) is 5.75 Å². The Morgan fingerprint density at radius 3 is 2.20 bits per heavy atom. The first kappa shape index (κ1) is 16.7. The highest BCUT2D eigenvalue weighted by molar-refractivity contribution is 5.39. The number of aryl methyl sites for hydroxylation is 1. The molecule has 0 radical (unpaired) electrons. The predicted molar refractivity (Wildman–Crippen MR) is 98.7 cm³/mol. The molecule has 6 nitrogen and oxygen atoms in total. The third kappa shape index (κ3) is 4.91. The summed E-state index contributed by atoms with van der Waals surface area (Å²) in [6.45, 7) is 3.38. The average molecular weight is 335 g/mol. The Morgan fingerprint density at radius 2 is 1.52 bits per heavy atom. The number of anilines is 2. The fourth-order valence-corrected chi connectivity index (χ4v) is 2.29. The van der Waals surface area contributed by atoms with E-state index in [1.165, 1.54) is 11.1 Å². The molecule has 0 fully saturated rings. The maximum Gasteiger partial charge on any atom is 0.244 e. The second kappa shape index (κ2) is 8.10. The van der Waals surface area contributed by atoms with Gasteiger partial charge in [0.2, 0.25) is 5.95 Å². The van der Waals surface area contributed by atoms with E-state index >= 15 is 0 Å². The van der Waals surface area contributed by atoms with E-state index in [2.05, 4.69) is 57.0 Å². The molecule has 0 saturated heterocycles. The molecule has 0 amide bonds. The quantitative estimate of drug-likeness (QED) is 0.689. The van der Waals surface area contributed by atoms with Crippen molar-refractivity contribution in [3.63, 3.8) is 0 Å². The zero-order valence-corrected chi connectivity index (χ0v) is 14.4. The van der Waals surface area contributed by atoms with Gasteiger partial charge in [0, 0.05) is 13.1 Å². The van der Waals surface area contributed by atoms with Gasteiger partial charge in [-0.2, -0.15) is 10.1 Å². The summed E-state index contributed by atoms with van der Waals surface area (Å²) in [5.41, 5.74) is 3.55. The van der Waals surface area contributed by atoms with Crippen LogP contribution in [0, 0.1) is 6.92 Å². The van der Waals surface area contributed by atoms with E-state index in [0.717, 1.165) is 11.3 Å². The van der Waals surface area contributed by atoms with Gasteiger partial charge in [0.25, 0.3) is 0 Å². The minimum Gasteiger partial charge on any atom is -0.497 e. The molecule has 0 aliphatic carbocycles. The second-order valence-electron chi connectivity index (χ2n) is 5.71. The molecule has 0 unspecified atom stereocenters. The summed E-state index contributed by atoms with van der Waals surface area (Å²) in [6, 6.07) is 16.2. The molecule has 0 spiro atoms. The summed E-state index contributed by atoms with van der Waals surface area (Å²) in [5, 5.41) is 14.5. The average Bonchev–Trinajstić information content (AvgIpc) is 2.67. The van der Waals surface area contributed by atoms with Gasteiger partial charge in [-0.3, -0.25) is 0 Å². The molecule has 0 bridgehead atoms. The number of nitrogens with zero attached hydrogens (tertiary/aromatic N) is 3. The van der Waals surface area contributed by atoms with Crippen LogP contribution in [-0.2, 0) is 13.1 Å². The first-order valence-corrected chi connectivity index (χ1v) is 8.09. The van der Waals surface area contributed by atoms with Crippen LogP contribution in [0.4, 0.5) is 11.8 Å². The highest BCUT2D eigenvalue weighted by Gasteiger charge is 2.01. The van der Waals surface area contributed by atoms with Crippen molar-refractivity contribution in [2.24, 2.45) is 0 Å².